The summed E-state index contributed by atoms with van der Waals surface area (Å²) in [6.07, 6.45) is 35.7. The Morgan fingerprint density at radius 1 is 0.634 bits per heavy atom. The summed E-state index contributed by atoms with van der Waals surface area (Å²) in [6.45, 7) is 3.95. The van der Waals surface area contributed by atoms with Gasteiger partial charge in [-0.25, -0.2) is 0 Å². The first-order valence-corrected chi connectivity index (χ1v) is 15.6. The second-order valence-corrected chi connectivity index (χ2v) is 10.0. The van der Waals surface area contributed by atoms with Gasteiger partial charge >= 0.3 is 11.9 Å². The van der Waals surface area contributed by atoms with E-state index in [0.717, 1.165) is 44.9 Å². The van der Waals surface area contributed by atoms with Crippen LogP contribution in [0.1, 0.15) is 110 Å². The Bertz CT molecular complexity index is 805. The van der Waals surface area contributed by atoms with Gasteiger partial charge < -0.3 is 19.7 Å². The molecule has 0 rings (SSSR count). The van der Waals surface area contributed by atoms with Gasteiger partial charge in [0.2, 0.25) is 0 Å². The SMILES string of the molecule is CC/C=C\C/C=C\C/C=C\C/C=C\C=C/C(O)C/C=C\CCC(=O)OC[C@H](O)COC(=O)CCCCCCCCC. The van der Waals surface area contributed by atoms with Crippen molar-refractivity contribution >= 4 is 11.9 Å². The molecule has 1 unspecified atom stereocenters. The lowest BCUT2D eigenvalue weighted by Crippen LogP contribution is -2.25. The molecule has 0 bridgehead atoms. The summed E-state index contributed by atoms with van der Waals surface area (Å²) in [6, 6.07) is 0. The zero-order chi connectivity index (χ0) is 30.2. The van der Waals surface area contributed by atoms with Crippen molar-refractivity contribution in [3.8, 4) is 0 Å². The number of allylic oxidation sites excluding steroid dienone is 10. The summed E-state index contributed by atoms with van der Waals surface area (Å²) in [5.74, 6) is -0.757. The van der Waals surface area contributed by atoms with Crippen LogP contribution in [0.15, 0.2) is 72.9 Å². The highest BCUT2D eigenvalue weighted by Crippen LogP contribution is 2.09. The first-order chi connectivity index (χ1) is 20.0. The number of aliphatic hydroxyl groups is 2. The monoisotopic (exact) mass is 572 g/mol. The maximum Gasteiger partial charge on any atom is 0.306 e. The first kappa shape index (κ1) is 38.3. The van der Waals surface area contributed by atoms with Crippen LogP contribution in [0.3, 0.4) is 0 Å². The molecule has 0 aromatic carbocycles. The third-order valence-electron chi connectivity index (χ3n) is 6.05. The molecule has 2 atom stereocenters. The van der Waals surface area contributed by atoms with Crippen molar-refractivity contribution < 1.29 is 29.3 Å². The number of unbranched alkanes of at least 4 members (excludes halogenated alkanes) is 6. The molecule has 0 fully saturated rings. The largest absolute Gasteiger partial charge is 0.463 e. The number of carbonyl (C=O) groups excluding carboxylic acids is 2. The van der Waals surface area contributed by atoms with Crippen molar-refractivity contribution in [1.29, 1.82) is 0 Å². The Morgan fingerprint density at radius 2 is 1.20 bits per heavy atom. The number of ether oxygens (including phenoxy) is 2. The summed E-state index contributed by atoms with van der Waals surface area (Å²) < 4.78 is 10.1. The van der Waals surface area contributed by atoms with E-state index < -0.39 is 18.2 Å². The normalized spacial score (nSPS) is 14.0. The first-order valence-electron chi connectivity index (χ1n) is 15.6. The number of hydrogen-bond acceptors (Lipinski definition) is 6. The number of rotatable bonds is 26. The van der Waals surface area contributed by atoms with Crippen LogP contribution in [0.4, 0.5) is 0 Å². The van der Waals surface area contributed by atoms with E-state index in [0.29, 0.717) is 19.3 Å². The third-order valence-corrected chi connectivity index (χ3v) is 6.05. The van der Waals surface area contributed by atoms with Crippen molar-refractivity contribution in [2.24, 2.45) is 0 Å². The Morgan fingerprint density at radius 3 is 1.83 bits per heavy atom. The fourth-order valence-corrected chi connectivity index (χ4v) is 3.66. The standard InChI is InChI=1S/C35H56O6/c1-3-5-7-9-11-12-13-14-15-16-18-19-22-26-32(36)27-23-21-25-29-35(39)41-31-33(37)30-40-34(38)28-24-20-17-10-8-6-4-2/h5,7,11-12,14-15,18-19,21-23,26,32-33,36-37H,3-4,6,8-10,13,16-17,20,24-25,27-31H2,1-2H3/b7-5-,12-11-,15-14-,19-18-,23-21-,26-22-/t32?,33-/m1/s1. The molecule has 0 spiro atoms. The fraction of sp³-hybridized carbons (Fsp3) is 0.600. The predicted octanol–water partition coefficient (Wildman–Crippen LogP) is 8.02. The van der Waals surface area contributed by atoms with Crippen LogP contribution < -0.4 is 0 Å². The van der Waals surface area contributed by atoms with Gasteiger partial charge in [0.05, 0.1) is 6.10 Å². The average molecular weight is 573 g/mol. The average Bonchev–Trinajstić information content (AvgIpc) is 2.96. The van der Waals surface area contributed by atoms with E-state index in [1.165, 1.54) is 25.7 Å². The van der Waals surface area contributed by atoms with Crippen LogP contribution in [0.25, 0.3) is 0 Å². The van der Waals surface area contributed by atoms with E-state index in [1.54, 1.807) is 6.08 Å². The number of carbonyl (C=O) groups is 2. The van der Waals surface area contributed by atoms with Crippen molar-refractivity contribution in [2.45, 2.75) is 122 Å². The van der Waals surface area contributed by atoms with E-state index >= 15 is 0 Å². The smallest absolute Gasteiger partial charge is 0.306 e. The highest BCUT2D eigenvalue weighted by atomic mass is 16.6. The van der Waals surface area contributed by atoms with Crippen molar-refractivity contribution in [3.63, 3.8) is 0 Å². The molecule has 0 amide bonds. The Kier molecular flexibility index (Phi) is 28.3. The molecule has 6 heteroatoms. The lowest BCUT2D eigenvalue weighted by molar-refractivity contribution is -0.152. The summed E-state index contributed by atoms with van der Waals surface area (Å²) in [4.78, 5) is 23.6. The van der Waals surface area contributed by atoms with E-state index in [4.69, 9.17) is 9.47 Å². The maximum absolute atomic E-state index is 11.8. The molecule has 0 aromatic rings. The van der Waals surface area contributed by atoms with Crippen LogP contribution in [0.2, 0.25) is 0 Å². The van der Waals surface area contributed by atoms with E-state index in [-0.39, 0.29) is 25.6 Å². The van der Waals surface area contributed by atoms with E-state index in [2.05, 4.69) is 50.3 Å². The Hall–Kier alpha value is -2.70. The second-order valence-electron chi connectivity index (χ2n) is 10.0. The molecule has 0 saturated carbocycles. The molecule has 0 aliphatic heterocycles. The van der Waals surface area contributed by atoms with Crippen molar-refractivity contribution in [1.82, 2.24) is 0 Å². The number of aliphatic hydroxyl groups excluding tert-OH is 2. The summed E-state index contributed by atoms with van der Waals surface area (Å²) >= 11 is 0. The molecule has 0 saturated heterocycles. The van der Waals surface area contributed by atoms with E-state index in [9.17, 15) is 19.8 Å². The Balaban J connectivity index is 3.79. The molecule has 2 N–H and O–H groups in total. The van der Waals surface area contributed by atoms with Gasteiger partial charge in [0.25, 0.3) is 0 Å². The highest BCUT2D eigenvalue weighted by Gasteiger charge is 2.11. The van der Waals surface area contributed by atoms with Crippen molar-refractivity contribution in [2.75, 3.05) is 13.2 Å². The molecule has 0 heterocycles. The Labute approximate surface area is 249 Å². The topological polar surface area (TPSA) is 93.1 Å². The van der Waals surface area contributed by atoms with Crippen molar-refractivity contribution in [3.05, 3.63) is 72.9 Å². The van der Waals surface area contributed by atoms with Gasteiger partial charge in [-0.1, -0.05) is 125 Å². The van der Waals surface area contributed by atoms with Crippen LogP contribution in [-0.2, 0) is 19.1 Å². The van der Waals surface area contributed by atoms with Gasteiger partial charge in [-0.15, -0.1) is 0 Å². The fourth-order valence-electron chi connectivity index (χ4n) is 3.66. The molecule has 0 aliphatic carbocycles. The number of esters is 2. The highest BCUT2D eigenvalue weighted by molar-refractivity contribution is 5.70. The minimum atomic E-state index is -1.03. The summed E-state index contributed by atoms with van der Waals surface area (Å²) in [7, 11) is 0. The van der Waals surface area contributed by atoms with Gasteiger partial charge in [-0.3, -0.25) is 9.59 Å². The molecule has 41 heavy (non-hydrogen) atoms. The third kappa shape index (κ3) is 30.1. The molecule has 0 radical (unpaired) electrons. The lowest BCUT2D eigenvalue weighted by atomic mass is 10.1. The van der Waals surface area contributed by atoms with E-state index in [1.807, 2.05) is 30.4 Å². The minimum Gasteiger partial charge on any atom is -0.463 e. The summed E-state index contributed by atoms with van der Waals surface area (Å²) in [5.41, 5.74) is 0. The molecule has 232 valence electrons. The van der Waals surface area contributed by atoms with Gasteiger partial charge in [0.15, 0.2) is 0 Å². The quantitative estimate of drug-likeness (QED) is 0.0472. The van der Waals surface area contributed by atoms with Gasteiger partial charge in [-0.2, -0.15) is 0 Å². The molecule has 0 aliphatic rings. The second kappa shape index (κ2) is 30.3. The van der Waals surface area contributed by atoms with Crippen LogP contribution in [-0.4, -0.2) is 47.6 Å². The van der Waals surface area contributed by atoms with Crippen LogP contribution in [0, 0.1) is 0 Å². The molecular weight excluding hydrogens is 516 g/mol. The molecule has 6 nitrogen and oxygen atoms in total. The van der Waals surface area contributed by atoms with Crippen LogP contribution >= 0.6 is 0 Å². The van der Waals surface area contributed by atoms with Gasteiger partial charge in [0, 0.05) is 12.8 Å². The van der Waals surface area contributed by atoms with Gasteiger partial charge in [-0.05, 0) is 44.9 Å². The predicted molar refractivity (Wildman–Crippen MR) is 169 cm³/mol. The number of hydrogen-bond donors (Lipinski definition) is 2. The zero-order valence-corrected chi connectivity index (χ0v) is 25.6. The summed E-state index contributed by atoms with van der Waals surface area (Å²) in [5, 5.41) is 19.9. The lowest BCUT2D eigenvalue weighted by Gasteiger charge is -2.12. The van der Waals surface area contributed by atoms with Crippen LogP contribution in [0.5, 0.6) is 0 Å². The van der Waals surface area contributed by atoms with Gasteiger partial charge in [0.1, 0.15) is 19.3 Å². The maximum atomic E-state index is 11.8. The minimum absolute atomic E-state index is 0.172. The molecular formula is C35H56O6. The zero-order valence-electron chi connectivity index (χ0n) is 25.6. The molecule has 0 aromatic heterocycles.